The number of carbonyl (C=O) groups is 1. The third kappa shape index (κ3) is 5.00. The number of carbonyl (C=O) groups excluding carboxylic acids is 1. The molecule has 0 unspecified atom stereocenters. The SMILES string of the molecule is O=C(N1CCN(CCO)CC1)C1(Cc2cccc(-c3ccc(F)c(F)c3)c2)CCOCC1. The van der Waals surface area contributed by atoms with E-state index < -0.39 is 17.0 Å². The fourth-order valence-electron chi connectivity index (χ4n) is 4.81. The number of β-amino-alcohol motifs (C(OH)–C–C–N with tert-alkyl or cyclic N) is 1. The maximum absolute atomic E-state index is 13.7. The number of ether oxygens (including phenoxy) is 1. The summed E-state index contributed by atoms with van der Waals surface area (Å²) in [6.45, 7) is 4.74. The molecule has 32 heavy (non-hydrogen) atoms. The number of hydrogen-bond acceptors (Lipinski definition) is 4. The molecule has 1 amide bonds. The molecule has 2 aliphatic heterocycles. The van der Waals surface area contributed by atoms with E-state index in [1.807, 2.05) is 29.2 Å². The zero-order valence-corrected chi connectivity index (χ0v) is 18.2. The summed E-state index contributed by atoms with van der Waals surface area (Å²) in [5, 5.41) is 9.16. The van der Waals surface area contributed by atoms with Gasteiger partial charge in [-0.05, 0) is 48.1 Å². The van der Waals surface area contributed by atoms with E-state index in [9.17, 15) is 13.6 Å². The first-order valence-corrected chi connectivity index (χ1v) is 11.3. The van der Waals surface area contributed by atoms with E-state index in [-0.39, 0.29) is 12.5 Å². The summed E-state index contributed by atoms with van der Waals surface area (Å²) in [4.78, 5) is 17.8. The highest BCUT2D eigenvalue weighted by Crippen LogP contribution is 2.37. The fourth-order valence-corrected chi connectivity index (χ4v) is 4.81. The van der Waals surface area contributed by atoms with E-state index in [1.165, 1.54) is 6.07 Å². The van der Waals surface area contributed by atoms with E-state index in [4.69, 9.17) is 9.84 Å². The van der Waals surface area contributed by atoms with Gasteiger partial charge in [-0.1, -0.05) is 30.3 Å². The largest absolute Gasteiger partial charge is 0.395 e. The van der Waals surface area contributed by atoms with Crippen molar-refractivity contribution >= 4 is 5.91 Å². The molecule has 2 heterocycles. The van der Waals surface area contributed by atoms with Gasteiger partial charge in [0.2, 0.25) is 5.91 Å². The van der Waals surface area contributed by atoms with Gasteiger partial charge in [0, 0.05) is 45.9 Å². The van der Waals surface area contributed by atoms with E-state index in [0.717, 1.165) is 30.3 Å². The molecule has 0 spiro atoms. The highest BCUT2D eigenvalue weighted by atomic mass is 19.2. The molecule has 2 aliphatic rings. The Morgan fingerprint density at radius 2 is 1.69 bits per heavy atom. The lowest BCUT2D eigenvalue weighted by atomic mass is 9.73. The Hall–Kier alpha value is -2.35. The number of amides is 1. The lowest BCUT2D eigenvalue weighted by Gasteiger charge is -2.43. The van der Waals surface area contributed by atoms with Crippen molar-refractivity contribution in [1.82, 2.24) is 9.80 Å². The molecule has 7 heteroatoms. The van der Waals surface area contributed by atoms with E-state index in [0.29, 0.717) is 57.7 Å². The molecule has 5 nitrogen and oxygen atoms in total. The molecular weight excluding hydrogens is 414 g/mol. The maximum Gasteiger partial charge on any atom is 0.229 e. The molecule has 172 valence electrons. The van der Waals surface area contributed by atoms with Crippen LogP contribution in [0.2, 0.25) is 0 Å². The Bertz CT molecular complexity index is 939. The van der Waals surface area contributed by atoms with Gasteiger partial charge < -0.3 is 14.7 Å². The summed E-state index contributed by atoms with van der Waals surface area (Å²) in [7, 11) is 0. The Morgan fingerprint density at radius 3 is 2.38 bits per heavy atom. The van der Waals surface area contributed by atoms with Crippen molar-refractivity contribution in [2.45, 2.75) is 19.3 Å². The molecule has 0 bridgehead atoms. The minimum atomic E-state index is -0.871. The van der Waals surface area contributed by atoms with Crippen molar-refractivity contribution in [3.05, 3.63) is 59.7 Å². The molecule has 0 radical (unpaired) electrons. The minimum Gasteiger partial charge on any atom is -0.395 e. The van der Waals surface area contributed by atoms with Gasteiger partial charge >= 0.3 is 0 Å². The summed E-state index contributed by atoms with van der Waals surface area (Å²) in [6.07, 6.45) is 1.92. The molecule has 2 fully saturated rings. The molecule has 2 saturated heterocycles. The minimum absolute atomic E-state index is 0.128. The van der Waals surface area contributed by atoms with Crippen molar-refractivity contribution in [1.29, 1.82) is 0 Å². The molecular formula is C25H30F2N2O3. The lowest BCUT2D eigenvalue weighted by molar-refractivity contribution is -0.149. The first-order chi connectivity index (χ1) is 15.5. The van der Waals surface area contributed by atoms with Crippen LogP contribution in [0.3, 0.4) is 0 Å². The zero-order chi connectivity index (χ0) is 22.6. The van der Waals surface area contributed by atoms with Crippen LogP contribution in [0.15, 0.2) is 42.5 Å². The number of benzene rings is 2. The van der Waals surface area contributed by atoms with Gasteiger partial charge in [-0.25, -0.2) is 8.78 Å². The second-order valence-corrected chi connectivity index (χ2v) is 8.76. The Labute approximate surface area is 187 Å². The maximum atomic E-state index is 13.7. The molecule has 0 atom stereocenters. The van der Waals surface area contributed by atoms with Crippen molar-refractivity contribution in [3.8, 4) is 11.1 Å². The number of hydrogen-bond donors (Lipinski definition) is 1. The van der Waals surface area contributed by atoms with Crippen LogP contribution >= 0.6 is 0 Å². The van der Waals surface area contributed by atoms with Crippen LogP contribution in [0.5, 0.6) is 0 Å². The predicted octanol–water partition coefficient (Wildman–Crippen LogP) is 3.11. The smallest absolute Gasteiger partial charge is 0.229 e. The fraction of sp³-hybridized carbons (Fsp3) is 0.480. The first kappa shape index (κ1) is 22.8. The third-order valence-electron chi connectivity index (χ3n) is 6.70. The number of rotatable bonds is 6. The second kappa shape index (κ2) is 10.1. The Kier molecular flexibility index (Phi) is 7.18. The summed E-state index contributed by atoms with van der Waals surface area (Å²) < 4.78 is 32.7. The Morgan fingerprint density at radius 1 is 0.969 bits per heavy atom. The molecule has 2 aromatic carbocycles. The molecule has 0 aromatic heterocycles. The average Bonchev–Trinajstić information content (AvgIpc) is 2.82. The van der Waals surface area contributed by atoms with Crippen molar-refractivity contribution in [2.24, 2.45) is 5.41 Å². The van der Waals surface area contributed by atoms with Crippen molar-refractivity contribution in [2.75, 3.05) is 52.5 Å². The van der Waals surface area contributed by atoms with Crippen LogP contribution in [-0.2, 0) is 16.0 Å². The highest BCUT2D eigenvalue weighted by molar-refractivity contribution is 5.83. The molecule has 2 aromatic rings. The average molecular weight is 445 g/mol. The Balaban J connectivity index is 1.54. The summed E-state index contributed by atoms with van der Waals surface area (Å²) >= 11 is 0. The van der Waals surface area contributed by atoms with E-state index >= 15 is 0 Å². The van der Waals surface area contributed by atoms with Crippen LogP contribution in [0.1, 0.15) is 18.4 Å². The quantitative estimate of drug-likeness (QED) is 0.744. The van der Waals surface area contributed by atoms with E-state index in [1.54, 1.807) is 6.07 Å². The summed E-state index contributed by atoms with van der Waals surface area (Å²) in [5.74, 6) is -1.57. The summed E-state index contributed by atoms with van der Waals surface area (Å²) in [5.41, 5.74) is 1.89. The monoisotopic (exact) mass is 444 g/mol. The van der Waals surface area contributed by atoms with Crippen molar-refractivity contribution < 1.29 is 23.4 Å². The van der Waals surface area contributed by atoms with Gasteiger partial charge in [0.1, 0.15) is 0 Å². The standard InChI is InChI=1S/C25H30F2N2O3/c26-22-5-4-21(17-23(22)27)20-3-1-2-19(16-20)18-25(6-14-32-15-7-25)24(31)29-10-8-28(9-11-29)12-13-30/h1-5,16-17,30H,6-15,18H2. The highest BCUT2D eigenvalue weighted by Gasteiger charge is 2.43. The van der Waals surface area contributed by atoms with Gasteiger partial charge in [-0.15, -0.1) is 0 Å². The topological polar surface area (TPSA) is 53.0 Å². The predicted molar refractivity (Wildman–Crippen MR) is 118 cm³/mol. The van der Waals surface area contributed by atoms with Crippen LogP contribution in [-0.4, -0.2) is 73.4 Å². The van der Waals surface area contributed by atoms with Crippen LogP contribution < -0.4 is 0 Å². The lowest BCUT2D eigenvalue weighted by Crippen LogP contribution is -2.55. The zero-order valence-electron chi connectivity index (χ0n) is 18.2. The van der Waals surface area contributed by atoms with E-state index in [2.05, 4.69) is 4.90 Å². The summed E-state index contributed by atoms with van der Waals surface area (Å²) in [6, 6.07) is 11.6. The van der Waals surface area contributed by atoms with Crippen LogP contribution in [0.4, 0.5) is 8.78 Å². The number of piperazine rings is 1. The van der Waals surface area contributed by atoms with Gasteiger partial charge in [0.05, 0.1) is 12.0 Å². The number of nitrogens with zero attached hydrogens (tertiary/aromatic N) is 2. The molecule has 0 aliphatic carbocycles. The number of halogens is 2. The normalized spacial score (nSPS) is 19.2. The second-order valence-electron chi connectivity index (χ2n) is 8.76. The van der Waals surface area contributed by atoms with Crippen LogP contribution in [0.25, 0.3) is 11.1 Å². The first-order valence-electron chi connectivity index (χ1n) is 11.3. The molecule has 0 saturated carbocycles. The van der Waals surface area contributed by atoms with Gasteiger partial charge in [-0.2, -0.15) is 0 Å². The molecule has 4 rings (SSSR count). The number of aliphatic hydroxyl groups is 1. The van der Waals surface area contributed by atoms with Gasteiger partial charge in [0.15, 0.2) is 11.6 Å². The third-order valence-corrected chi connectivity index (χ3v) is 6.70. The van der Waals surface area contributed by atoms with Crippen LogP contribution in [0, 0.1) is 17.0 Å². The van der Waals surface area contributed by atoms with Crippen molar-refractivity contribution in [3.63, 3.8) is 0 Å². The number of aliphatic hydroxyl groups excluding tert-OH is 1. The van der Waals surface area contributed by atoms with Gasteiger partial charge in [0.25, 0.3) is 0 Å². The van der Waals surface area contributed by atoms with Gasteiger partial charge in [-0.3, -0.25) is 9.69 Å². The molecule has 1 N–H and O–H groups in total.